The number of ether oxygens (including phenoxy) is 1. The summed E-state index contributed by atoms with van der Waals surface area (Å²) in [5.74, 6) is -0.483. The van der Waals surface area contributed by atoms with Gasteiger partial charge in [-0.15, -0.1) is 11.3 Å². The van der Waals surface area contributed by atoms with Gasteiger partial charge in [-0.05, 0) is 25.8 Å². The number of thiophene rings is 1. The molecule has 9 nitrogen and oxygen atoms in total. The van der Waals surface area contributed by atoms with Gasteiger partial charge >= 0.3 is 6.09 Å². The third kappa shape index (κ3) is 3.44. The maximum absolute atomic E-state index is 12.9. The third-order valence-electron chi connectivity index (χ3n) is 5.04. The Balaban J connectivity index is 1.89. The number of methoxy groups -OCH3 is 1. The Hall–Kier alpha value is -2.62. The number of hydrogen-bond acceptors (Lipinski definition) is 6. The summed E-state index contributed by atoms with van der Waals surface area (Å²) in [6, 6.07) is -0.715. The first-order valence-corrected chi connectivity index (χ1v) is 9.93. The Bertz CT molecular complexity index is 836. The molecule has 1 N–H and O–H groups in total. The Morgan fingerprint density at radius 2 is 2.00 bits per heavy atom. The number of likely N-dealkylation sites (N-methyl/N-ethyl adjacent to an activating group) is 2. The van der Waals surface area contributed by atoms with E-state index < -0.39 is 12.1 Å². The standard InChI is InChI=1S/C18H24N4O5S/c1-5-22-13(23)9-20(3)16(25)14-11-6-7-21(8-12(11)28-17(14)22)15(24)10(2)19-18(26)27-4/h10H,5-9H2,1-4H3,(H,19,26). The molecule has 3 heterocycles. The van der Waals surface area contributed by atoms with Crippen molar-refractivity contribution in [1.82, 2.24) is 15.1 Å². The van der Waals surface area contributed by atoms with Gasteiger partial charge in [0, 0.05) is 25.0 Å². The van der Waals surface area contributed by atoms with Crippen molar-refractivity contribution in [3.63, 3.8) is 0 Å². The summed E-state index contributed by atoms with van der Waals surface area (Å²) in [6.07, 6.45) is -0.129. The average Bonchev–Trinajstić information content (AvgIpc) is 3.01. The summed E-state index contributed by atoms with van der Waals surface area (Å²) in [4.78, 5) is 55.0. The number of alkyl carbamates (subject to hydrolysis) is 1. The van der Waals surface area contributed by atoms with Crippen LogP contribution in [0.15, 0.2) is 0 Å². The first-order valence-electron chi connectivity index (χ1n) is 9.12. The fourth-order valence-corrected chi connectivity index (χ4v) is 4.98. The van der Waals surface area contributed by atoms with E-state index in [0.717, 1.165) is 10.4 Å². The zero-order chi connectivity index (χ0) is 20.6. The van der Waals surface area contributed by atoms with Crippen LogP contribution in [0.3, 0.4) is 0 Å². The highest BCUT2D eigenvalue weighted by molar-refractivity contribution is 7.17. The average molecular weight is 408 g/mol. The van der Waals surface area contributed by atoms with Crippen molar-refractivity contribution in [2.75, 3.05) is 38.7 Å². The lowest BCUT2D eigenvalue weighted by Crippen LogP contribution is -2.48. The summed E-state index contributed by atoms with van der Waals surface area (Å²) in [5, 5.41) is 3.15. The molecule has 1 aromatic rings. The van der Waals surface area contributed by atoms with Crippen LogP contribution in [0.25, 0.3) is 0 Å². The van der Waals surface area contributed by atoms with E-state index in [1.54, 1.807) is 23.8 Å². The summed E-state index contributed by atoms with van der Waals surface area (Å²) < 4.78 is 4.54. The minimum atomic E-state index is -0.715. The molecule has 1 unspecified atom stereocenters. The monoisotopic (exact) mass is 408 g/mol. The van der Waals surface area contributed by atoms with E-state index in [1.807, 2.05) is 6.92 Å². The number of nitrogens with zero attached hydrogens (tertiary/aromatic N) is 3. The van der Waals surface area contributed by atoms with Crippen molar-refractivity contribution in [2.24, 2.45) is 0 Å². The molecule has 0 fully saturated rings. The summed E-state index contributed by atoms with van der Waals surface area (Å²) in [6.45, 7) is 4.82. The van der Waals surface area contributed by atoms with Gasteiger partial charge in [0.15, 0.2) is 0 Å². The zero-order valence-corrected chi connectivity index (χ0v) is 17.2. The lowest BCUT2D eigenvalue weighted by molar-refractivity contribution is -0.133. The molecule has 152 valence electrons. The highest BCUT2D eigenvalue weighted by atomic mass is 32.1. The number of nitrogens with one attached hydrogen (secondary N) is 1. The van der Waals surface area contributed by atoms with Gasteiger partial charge in [-0.3, -0.25) is 14.4 Å². The van der Waals surface area contributed by atoms with Crippen LogP contribution in [0.4, 0.5) is 9.80 Å². The van der Waals surface area contributed by atoms with Gasteiger partial charge in [0.1, 0.15) is 17.6 Å². The fraction of sp³-hybridized carbons (Fsp3) is 0.556. The van der Waals surface area contributed by atoms with Crippen molar-refractivity contribution in [3.05, 3.63) is 16.0 Å². The van der Waals surface area contributed by atoms with E-state index in [9.17, 15) is 19.2 Å². The largest absolute Gasteiger partial charge is 0.453 e. The summed E-state index contributed by atoms with van der Waals surface area (Å²) in [7, 11) is 2.87. The highest BCUT2D eigenvalue weighted by Crippen LogP contribution is 2.41. The molecule has 0 aromatic carbocycles. The Kier molecular flexibility index (Phi) is 5.59. The first kappa shape index (κ1) is 20.1. The molecule has 0 aliphatic carbocycles. The van der Waals surface area contributed by atoms with E-state index in [1.165, 1.54) is 23.3 Å². The SMILES string of the molecule is CCN1C(=O)CN(C)C(=O)c2c1sc1c2CCN(C(=O)C(C)NC(=O)OC)C1. The van der Waals surface area contributed by atoms with E-state index in [-0.39, 0.29) is 24.3 Å². The fourth-order valence-electron chi connectivity index (χ4n) is 3.54. The number of carbonyl (C=O) groups excluding carboxylic acids is 4. The van der Waals surface area contributed by atoms with Gasteiger partial charge in [0.25, 0.3) is 5.91 Å². The van der Waals surface area contributed by atoms with Crippen LogP contribution in [0.1, 0.15) is 34.6 Å². The molecule has 1 atom stereocenters. The number of amides is 4. The molecule has 3 rings (SSSR count). The predicted octanol–water partition coefficient (Wildman–Crippen LogP) is 0.816. The van der Waals surface area contributed by atoms with Crippen LogP contribution >= 0.6 is 11.3 Å². The van der Waals surface area contributed by atoms with E-state index in [0.29, 0.717) is 36.6 Å². The molecule has 2 aliphatic rings. The molecule has 0 saturated heterocycles. The lowest BCUT2D eigenvalue weighted by atomic mass is 10.0. The summed E-state index contributed by atoms with van der Waals surface area (Å²) in [5.41, 5.74) is 1.51. The molecule has 0 saturated carbocycles. The maximum atomic E-state index is 12.9. The first-order chi connectivity index (χ1) is 13.3. The maximum Gasteiger partial charge on any atom is 0.407 e. The van der Waals surface area contributed by atoms with E-state index in [2.05, 4.69) is 10.1 Å². The molecule has 0 spiro atoms. The Labute approximate surface area is 167 Å². The van der Waals surface area contributed by atoms with Crippen molar-refractivity contribution in [1.29, 1.82) is 0 Å². The van der Waals surface area contributed by atoms with Crippen molar-refractivity contribution in [2.45, 2.75) is 32.9 Å². The molecule has 0 radical (unpaired) electrons. The van der Waals surface area contributed by atoms with Gasteiger partial charge in [0.2, 0.25) is 11.8 Å². The van der Waals surface area contributed by atoms with Crippen LogP contribution in [0.5, 0.6) is 0 Å². The molecule has 2 aliphatic heterocycles. The minimum absolute atomic E-state index is 0.0597. The van der Waals surface area contributed by atoms with Gasteiger partial charge < -0.3 is 24.8 Å². The van der Waals surface area contributed by atoms with Crippen LogP contribution in [-0.4, -0.2) is 73.4 Å². The smallest absolute Gasteiger partial charge is 0.407 e. The normalized spacial score (nSPS) is 17.6. The number of hydrogen-bond donors (Lipinski definition) is 1. The predicted molar refractivity (Wildman–Crippen MR) is 103 cm³/mol. The number of carbonyl (C=O) groups is 4. The molecule has 4 amide bonds. The van der Waals surface area contributed by atoms with Crippen molar-refractivity contribution >= 4 is 40.2 Å². The Morgan fingerprint density at radius 3 is 2.64 bits per heavy atom. The quantitative estimate of drug-likeness (QED) is 0.798. The van der Waals surface area contributed by atoms with Gasteiger partial charge in [-0.2, -0.15) is 0 Å². The minimum Gasteiger partial charge on any atom is -0.453 e. The highest BCUT2D eigenvalue weighted by Gasteiger charge is 2.37. The van der Waals surface area contributed by atoms with Crippen LogP contribution in [-0.2, 0) is 27.3 Å². The zero-order valence-electron chi connectivity index (χ0n) is 16.4. The molecular formula is C18H24N4O5S. The Morgan fingerprint density at radius 1 is 1.29 bits per heavy atom. The van der Waals surface area contributed by atoms with Crippen molar-refractivity contribution in [3.8, 4) is 0 Å². The molecule has 10 heteroatoms. The third-order valence-corrected chi connectivity index (χ3v) is 6.28. The number of anilines is 1. The number of fused-ring (bicyclic) bond motifs is 3. The van der Waals surface area contributed by atoms with Gasteiger partial charge in [-0.25, -0.2) is 4.79 Å². The second kappa shape index (κ2) is 7.78. The molecule has 28 heavy (non-hydrogen) atoms. The van der Waals surface area contributed by atoms with Crippen LogP contribution in [0, 0.1) is 0 Å². The molecule has 1 aromatic heterocycles. The van der Waals surface area contributed by atoms with Crippen LogP contribution in [0.2, 0.25) is 0 Å². The van der Waals surface area contributed by atoms with Gasteiger partial charge in [-0.1, -0.05) is 0 Å². The van der Waals surface area contributed by atoms with Crippen LogP contribution < -0.4 is 10.2 Å². The second-order valence-corrected chi connectivity index (χ2v) is 7.93. The summed E-state index contributed by atoms with van der Waals surface area (Å²) >= 11 is 1.40. The van der Waals surface area contributed by atoms with E-state index in [4.69, 9.17) is 0 Å². The molecule has 0 bridgehead atoms. The van der Waals surface area contributed by atoms with Gasteiger partial charge in [0.05, 0.1) is 19.2 Å². The van der Waals surface area contributed by atoms with E-state index >= 15 is 0 Å². The lowest BCUT2D eigenvalue weighted by Gasteiger charge is -2.29. The second-order valence-electron chi connectivity index (χ2n) is 6.85. The topological polar surface area (TPSA) is 99.3 Å². The van der Waals surface area contributed by atoms with Crippen molar-refractivity contribution < 1.29 is 23.9 Å². The molecular weight excluding hydrogens is 384 g/mol. The number of rotatable bonds is 3.